The highest BCUT2D eigenvalue weighted by molar-refractivity contribution is 5.98. The number of rotatable bonds is 3. The first-order chi connectivity index (χ1) is 11.1. The lowest BCUT2D eigenvalue weighted by Crippen LogP contribution is -2.51. The van der Waals surface area contributed by atoms with Gasteiger partial charge in [0, 0.05) is 24.6 Å². The first-order valence-corrected chi connectivity index (χ1v) is 8.47. The summed E-state index contributed by atoms with van der Waals surface area (Å²) in [5.74, 6) is -0.156. The van der Waals surface area contributed by atoms with Crippen molar-refractivity contribution in [3.05, 3.63) is 35.6 Å². The van der Waals surface area contributed by atoms with E-state index in [0.717, 1.165) is 25.8 Å². The quantitative estimate of drug-likeness (QED) is 0.871. The molecule has 1 amide bonds. The van der Waals surface area contributed by atoms with E-state index in [-0.39, 0.29) is 29.5 Å². The Hall–Kier alpha value is -1.75. The summed E-state index contributed by atoms with van der Waals surface area (Å²) in [7, 11) is 0. The van der Waals surface area contributed by atoms with Crippen LogP contribution < -0.4 is 5.32 Å². The predicted octanol–water partition coefficient (Wildman–Crippen LogP) is 2.39. The zero-order valence-corrected chi connectivity index (χ0v) is 13.3. The van der Waals surface area contributed by atoms with Crippen LogP contribution in [0.15, 0.2) is 24.3 Å². The van der Waals surface area contributed by atoms with E-state index < -0.39 is 0 Å². The number of halogens is 1. The Morgan fingerprint density at radius 2 is 1.74 bits per heavy atom. The van der Waals surface area contributed by atoms with Gasteiger partial charge in [-0.3, -0.25) is 9.59 Å². The molecule has 1 unspecified atom stereocenters. The number of piperidine rings is 2. The van der Waals surface area contributed by atoms with Gasteiger partial charge in [-0.25, -0.2) is 4.39 Å². The third kappa shape index (κ3) is 3.78. The van der Waals surface area contributed by atoms with Gasteiger partial charge in [0.15, 0.2) is 5.78 Å². The summed E-state index contributed by atoms with van der Waals surface area (Å²) in [5.41, 5.74) is 0.560. The van der Waals surface area contributed by atoms with Gasteiger partial charge in [0.1, 0.15) is 5.82 Å². The normalized spacial score (nSPS) is 22.8. The van der Waals surface area contributed by atoms with Gasteiger partial charge in [0.05, 0.1) is 6.04 Å². The Bertz CT molecular complexity index is 559. The highest BCUT2D eigenvalue weighted by Gasteiger charge is 2.31. The zero-order chi connectivity index (χ0) is 16.2. The largest absolute Gasteiger partial charge is 0.341 e. The third-order valence-electron chi connectivity index (χ3n) is 4.91. The SMILES string of the molecule is O=C(c1ccc(F)cc1)C1CCN(C(=O)C2CCCCN2)CC1. The topological polar surface area (TPSA) is 49.4 Å². The summed E-state index contributed by atoms with van der Waals surface area (Å²) in [4.78, 5) is 26.8. The van der Waals surface area contributed by atoms with Crippen molar-refractivity contribution in [1.82, 2.24) is 10.2 Å². The fraction of sp³-hybridized carbons (Fsp3) is 0.556. The fourth-order valence-corrected chi connectivity index (χ4v) is 3.49. The first kappa shape index (κ1) is 16.1. The number of likely N-dealkylation sites (tertiary alicyclic amines) is 1. The molecule has 0 aromatic heterocycles. The zero-order valence-electron chi connectivity index (χ0n) is 13.3. The maximum absolute atomic E-state index is 12.9. The number of ketones is 1. The molecule has 3 rings (SSSR count). The predicted molar refractivity (Wildman–Crippen MR) is 85.7 cm³/mol. The molecular formula is C18H23FN2O2. The standard InChI is InChI=1S/C18H23FN2O2/c19-15-6-4-13(5-7-15)17(22)14-8-11-21(12-9-14)18(23)16-3-1-2-10-20-16/h4-7,14,16,20H,1-3,8-12H2. The van der Waals surface area contributed by atoms with Crippen molar-refractivity contribution in [3.63, 3.8) is 0 Å². The molecule has 124 valence electrons. The maximum atomic E-state index is 12.9. The van der Waals surface area contributed by atoms with Crippen LogP contribution in [0.5, 0.6) is 0 Å². The summed E-state index contributed by atoms with van der Waals surface area (Å²) < 4.78 is 12.9. The molecule has 0 aliphatic carbocycles. The Labute approximate surface area is 136 Å². The molecule has 0 radical (unpaired) electrons. The minimum absolute atomic E-state index is 0.0481. The van der Waals surface area contributed by atoms with Crippen molar-refractivity contribution in [1.29, 1.82) is 0 Å². The summed E-state index contributed by atoms with van der Waals surface area (Å²) in [5, 5.41) is 3.29. The van der Waals surface area contributed by atoms with Gasteiger partial charge in [-0.2, -0.15) is 0 Å². The molecule has 0 saturated carbocycles. The van der Waals surface area contributed by atoms with Crippen LogP contribution in [-0.2, 0) is 4.79 Å². The van der Waals surface area contributed by atoms with Gasteiger partial charge < -0.3 is 10.2 Å². The fourth-order valence-electron chi connectivity index (χ4n) is 3.49. The molecule has 5 heteroatoms. The van der Waals surface area contributed by atoms with Crippen molar-refractivity contribution >= 4 is 11.7 Å². The Kier molecular flexibility index (Phi) is 5.06. The van der Waals surface area contributed by atoms with Crippen LogP contribution in [0.25, 0.3) is 0 Å². The van der Waals surface area contributed by atoms with Crippen LogP contribution in [-0.4, -0.2) is 42.3 Å². The lowest BCUT2D eigenvalue weighted by atomic mass is 9.88. The number of hydrogen-bond acceptors (Lipinski definition) is 3. The van der Waals surface area contributed by atoms with Crippen molar-refractivity contribution in [2.75, 3.05) is 19.6 Å². The van der Waals surface area contributed by atoms with E-state index in [4.69, 9.17) is 0 Å². The van der Waals surface area contributed by atoms with Gasteiger partial charge in [-0.15, -0.1) is 0 Å². The van der Waals surface area contributed by atoms with Gasteiger partial charge in [-0.1, -0.05) is 6.42 Å². The smallest absolute Gasteiger partial charge is 0.239 e. The second-order valence-corrected chi connectivity index (χ2v) is 6.47. The molecule has 0 spiro atoms. The molecule has 1 atom stereocenters. The molecule has 4 nitrogen and oxygen atoms in total. The number of amides is 1. The number of hydrogen-bond donors (Lipinski definition) is 1. The van der Waals surface area contributed by atoms with Gasteiger partial charge >= 0.3 is 0 Å². The molecule has 1 aromatic carbocycles. The minimum Gasteiger partial charge on any atom is -0.341 e. The summed E-state index contributed by atoms with van der Waals surface area (Å²) in [6, 6.07) is 5.68. The summed E-state index contributed by atoms with van der Waals surface area (Å²) in [6.45, 7) is 2.18. The maximum Gasteiger partial charge on any atom is 0.239 e. The van der Waals surface area contributed by atoms with Crippen LogP contribution in [0.1, 0.15) is 42.5 Å². The molecule has 2 aliphatic rings. The Morgan fingerprint density at radius 3 is 2.35 bits per heavy atom. The van der Waals surface area contributed by atoms with E-state index in [1.807, 2.05) is 4.90 Å². The van der Waals surface area contributed by atoms with E-state index in [9.17, 15) is 14.0 Å². The molecule has 2 heterocycles. The number of carbonyl (C=O) groups is 2. The Morgan fingerprint density at radius 1 is 1.04 bits per heavy atom. The van der Waals surface area contributed by atoms with E-state index in [1.165, 1.54) is 12.1 Å². The van der Waals surface area contributed by atoms with Crippen molar-refractivity contribution in [2.45, 2.75) is 38.1 Å². The number of carbonyl (C=O) groups excluding carboxylic acids is 2. The van der Waals surface area contributed by atoms with Crippen LogP contribution >= 0.6 is 0 Å². The number of benzene rings is 1. The van der Waals surface area contributed by atoms with Crippen LogP contribution in [0.4, 0.5) is 4.39 Å². The summed E-state index contributed by atoms with van der Waals surface area (Å²) in [6.07, 6.45) is 4.53. The molecule has 0 bridgehead atoms. The number of nitrogens with zero attached hydrogens (tertiary/aromatic N) is 1. The van der Waals surface area contributed by atoms with Crippen LogP contribution in [0, 0.1) is 11.7 Å². The molecule has 2 fully saturated rings. The van der Waals surface area contributed by atoms with E-state index in [1.54, 1.807) is 12.1 Å². The minimum atomic E-state index is -0.332. The van der Waals surface area contributed by atoms with Crippen molar-refractivity contribution in [2.24, 2.45) is 5.92 Å². The molecule has 2 aliphatic heterocycles. The number of Topliss-reactive ketones (excluding diaryl/α,β-unsaturated/α-hetero) is 1. The van der Waals surface area contributed by atoms with E-state index in [2.05, 4.69) is 5.32 Å². The van der Waals surface area contributed by atoms with Crippen molar-refractivity contribution in [3.8, 4) is 0 Å². The lowest BCUT2D eigenvalue weighted by Gasteiger charge is -2.35. The highest BCUT2D eigenvalue weighted by atomic mass is 19.1. The van der Waals surface area contributed by atoms with E-state index in [0.29, 0.717) is 31.5 Å². The van der Waals surface area contributed by atoms with Crippen LogP contribution in [0.2, 0.25) is 0 Å². The third-order valence-corrected chi connectivity index (χ3v) is 4.91. The molecule has 23 heavy (non-hydrogen) atoms. The molecule has 1 aromatic rings. The van der Waals surface area contributed by atoms with Gasteiger partial charge in [0.2, 0.25) is 5.91 Å². The Balaban J connectivity index is 1.54. The molecular weight excluding hydrogens is 295 g/mol. The summed E-state index contributed by atoms with van der Waals surface area (Å²) >= 11 is 0. The van der Waals surface area contributed by atoms with E-state index >= 15 is 0 Å². The molecule has 2 saturated heterocycles. The average Bonchev–Trinajstić information content (AvgIpc) is 2.62. The highest BCUT2D eigenvalue weighted by Crippen LogP contribution is 2.23. The average molecular weight is 318 g/mol. The van der Waals surface area contributed by atoms with Gasteiger partial charge in [-0.05, 0) is 56.5 Å². The monoisotopic (exact) mass is 318 g/mol. The first-order valence-electron chi connectivity index (χ1n) is 8.47. The van der Waals surface area contributed by atoms with Gasteiger partial charge in [0.25, 0.3) is 0 Å². The lowest BCUT2D eigenvalue weighted by molar-refractivity contribution is -0.135. The second kappa shape index (κ2) is 7.21. The second-order valence-electron chi connectivity index (χ2n) is 6.47. The molecule has 1 N–H and O–H groups in total. The van der Waals surface area contributed by atoms with Crippen molar-refractivity contribution < 1.29 is 14.0 Å². The van der Waals surface area contributed by atoms with Crippen LogP contribution in [0.3, 0.4) is 0 Å². The number of nitrogens with one attached hydrogen (secondary N) is 1.